The topological polar surface area (TPSA) is 92.8 Å². The molecule has 0 bridgehead atoms. The maximum absolute atomic E-state index is 13.4. The lowest BCUT2D eigenvalue weighted by molar-refractivity contribution is -0.123. The number of carbonyl (C=O) groups excluding carboxylic acids is 2. The first-order valence-corrected chi connectivity index (χ1v) is 12.0. The van der Waals surface area contributed by atoms with Gasteiger partial charge in [0.1, 0.15) is 0 Å². The van der Waals surface area contributed by atoms with Gasteiger partial charge in [-0.25, -0.2) is 13.2 Å². The first-order chi connectivity index (χ1) is 15.8. The molecule has 1 amide bonds. The van der Waals surface area contributed by atoms with Crippen molar-refractivity contribution in [3.05, 3.63) is 90.0 Å². The molecule has 170 valence electrons. The number of para-hydroxylation sites is 2. The Hall–Kier alpha value is -3.65. The van der Waals surface area contributed by atoms with Crippen LogP contribution in [0.15, 0.2) is 83.8 Å². The van der Waals surface area contributed by atoms with E-state index in [1.807, 2.05) is 25.1 Å². The van der Waals surface area contributed by atoms with Crippen LogP contribution in [0, 0.1) is 0 Å². The Morgan fingerprint density at radius 1 is 1.00 bits per heavy atom. The van der Waals surface area contributed by atoms with Crippen LogP contribution in [0.25, 0.3) is 0 Å². The molecule has 0 aromatic heterocycles. The fraction of sp³-hybridized carbons (Fsp3) is 0.200. The van der Waals surface area contributed by atoms with E-state index in [-0.39, 0.29) is 16.5 Å². The molecule has 3 aromatic carbocycles. The molecule has 1 aliphatic rings. The number of nitrogens with one attached hydrogen (secondary N) is 1. The second kappa shape index (κ2) is 9.07. The van der Waals surface area contributed by atoms with Crippen molar-refractivity contribution in [3.63, 3.8) is 0 Å². The number of esters is 1. The fourth-order valence-electron chi connectivity index (χ4n) is 3.85. The third kappa shape index (κ3) is 4.61. The Bertz CT molecular complexity index is 1290. The molecule has 0 aliphatic carbocycles. The lowest BCUT2D eigenvalue weighted by Crippen LogP contribution is -2.35. The molecule has 0 radical (unpaired) electrons. The van der Waals surface area contributed by atoms with Gasteiger partial charge < -0.3 is 10.1 Å². The summed E-state index contributed by atoms with van der Waals surface area (Å²) in [5.74, 6) is -1.27. The van der Waals surface area contributed by atoms with E-state index in [2.05, 4.69) is 5.32 Å². The van der Waals surface area contributed by atoms with Gasteiger partial charge in [0.15, 0.2) is 6.10 Å². The largest absolute Gasteiger partial charge is 0.449 e. The Kier molecular flexibility index (Phi) is 6.20. The third-order valence-electron chi connectivity index (χ3n) is 5.47. The molecule has 7 nitrogen and oxygen atoms in total. The second-order valence-electron chi connectivity index (χ2n) is 7.91. The van der Waals surface area contributed by atoms with Crippen LogP contribution in [0.5, 0.6) is 0 Å². The molecule has 1 aliphatic heterocycles. The maximum Gasteiger partial charge on any atom is 0.338 e. The smallest absolute Gasteiger partial charge is 0.338 e. The normalized spacial score (nSPS) is 16.1. The molecular weight excluding hydrogens is 440 g/mol. The molecule has 8 heteroatoms. The van der Waals surface area contributed by atoms with Crippen molar-refractivity contribution < 1.29 is 22.7 Å². The zero-order chi connectivity index (χ0) is 23.6. The van der Waals surface area contributed by atoms with E-state index in [0.717, 1.165) is 5.56 Å². The number of carbonyl (C=O) groups is 2. The number of ether oxygens (including phenoxy) is 1. The first-order valence-electron chi connectivity index (χ1n) is 10.6. The minimum atomic E-state index is -3.90. The van der Waals surface area contributed by atoms with E-state index in [1.165, 1.54) is 35.5 Å². The molecule has 1 N–H and O–H groups in total. The highest BCUT2D eigenvalue weighted by Crippen LogP contribution is 2.36. The molecule has 4 rings (SSSR count). The van der Waals surface area contributed by atoms with E-state index >= 15 is 0 Å². The molecule has 0 fully saturated rings. The van der Waals surface area contributed by atoms with Gasteiger partial charge in [-0.3, -0.25) is 9.10 Å². The molecule has 0 spiro atoms. The summed E-state index contributed by atoms with van der Waals surface area (Å²) in [7, 11) is -3.90. The van der Waals surface area contributed by atoms with Crippen molar-refractivity contribution in [2.24, 2.45) is 0 Å². The van der Waals surface area contributed by atoms with Crippen molar-refractivity contribution >= 4 is 33.3 Å². The Labute approximate surface area is 193 Å². The van der Waals surface area contributed by atoms with Gasteiger partial charge in [0.2, 0.25) is 0 Å². The molecule has 0 saturated heterocycles. The molecule has 33 heavy (non-hydrogen) atoms. The van der Waals surface area contributed by atoms with Crippen LogP contribution in [0.3, 0.4) is 0 Å². The summed E-state index contributed by atoms with van der Waals surface area (Å²) in [6.07, 6.45) is -0.450. The number of hydrogen-bond donors (Lipinski definition) is 1. The number of benzene rings is 3. The van der Waals surface area contributed by atoms with Crippen LogP contribution in [-0.4, -0.2) is 32.4 Å². The van der Waals surface area contributed by atoms with Crippen LogP contribution in [-0.2, 0) is 26.0 Å². The van der Waals surface area contributed by atoms with Crippen LogP contribution in [0.2, 0.25) is 0 Å². The summed E-state index contributed by atoms with van der Waals surface area (Å²) < 4.78 is 33.5. The zero-order valence-corrected chi connectivity index (χ0v) is 19.1. The summed E-state index contributed by atoms with van der Waals surface area (Å²) in [4.78, 5) is 25.0. The monoisotopic (exact) mass is 464 g/mol. The number of fused-ring (bicyclic) bond motifs is 1. The minimum Gasteiger partial charge on any atom is -0.449 e. The van der Waals surface area contributed by atoms with Crippen LogP contribution < -0.4 is 9.62 Å². The predicted molar refractivity (Wildman–Crippen MR) is 126 cm³/mol. The summed E-state index contributed by atoms with van der Waals surface area (Å²) >= 11 is 0. The van der Waals surface area contributed by atoms with Gasteiger partial charge >= 0.3 is 5.97 Å². The van der Waals surface area contributed by atoms with Gasteiger partial charge in [-0.2, -0.15) is 0 Å². The molecule has 2 atom stereocenters. The van der Waals surface area contributed by atoms with E-state index < -0.39 is 28.0 Å². The highest BCUT2D eigenvalue weighted by Gasteiger charge is 2.36. The fourth-order valence-corrected chi connectivity index (χ4v) is 5.59. The van der Waals surface area contributed by atoms with Gasteiger partial charge in [0, 0.05) is 11.7 Å². The van der Waals surface area contributed by atoms with E-state index in [4.69, 9.17) is 4.74 Å². The lowest BCUT2D eigenvalue weighted by atomic mass is 10.1. The molecule has 0 saturated carbocycles. The van der Waals surface area contributed by atoms with E-state index in [9.17, 15) is 18.0 Å². The number of hydrogen-bond acceptors (Lipinski definition) is 5. The Balaban J connectivity index is 1.52. The number of rotatable bonds is 6. The number of amides is 1. The molecule has 2 unspecified atom stereocenters. The number of anilines is 2. The summed E-state index contributed by atoms with van der Waals surface area (Å²) in [6.45, 7) is 3.31. The van der Waals surface area contributed by atoms with Gasteiger partial charge in [0.05, 0.1) is 16.1 Å². The standard InChI is InChI=1S/C25H24N2O5S/c1-17-15-19-9-6-7-14-23(19)27(17)33(30,31)22-13-8-10-20(16-22)25(29)32-18(2)24(28)26-21-11-4-3-5-12-21/h3-14,16-18H,15H2,1-2H3,(H,26,28). The quantitative estimate of drug-likeness (QED) is 0.557. The zero-order valence-electron chi connectivity index (χ0n) is 18.3. The van der Waals surface area contributed by atoms with Crippen LogP contribution >= 0.6 is 0 Å². The van der Waals surface area contributed by atoms with E-state index in [0.29, 0.717) is 17.8 Å². The third-order valence-corrected chi connectivity index (χ3v) is 7.39. The predicted octanol–water partition coefficient (Wildman–Crippen LogP) is 4.01. The van der Waals surface area contributed by atoms with Crippen LogP contribution in [0.1, 0.15) is 29.8 Å². The van der Waals surface area contributed by atoms with Gasteiger partial charge in [-0.05, 0) is 62.2 Å². The Morgan fingerprint density at radius 3 is 2.45 bits per heavy atom. The Morgan fingerprint density at radius 2 is 1.70 bits per heavy atom. The van der Waals surface area contributed by atoms with Crippen molar-refractivity contribution in [3.8, 4) is 0 Å². The molecule has 1 heterocycles. The highest BCUT2D eigenvalue weighted by atomic mass is 32.2. The van der Waals surface area contributed by atoms with Crippen molar-refractivity contribution in [2.45, 2.75) is 37.3 Å². The number of sulfonamides is 1. The summed E-state index contributed by atoms with van der Waals surface area (Å²) in [5.41, 5.74) is 2.24. The van der Waals surface area contributed by atoms with Crippen molar-refractivity contribution in [1.82, 2.24) is 0 Å². The lowest BCUT2D eigenvalue weighted by Gasteiger charge is -2.24. The van der Waals surface area contributed by atoms with Crippen LogP contribution in [0.4, 0.5) is 11.4 Å². The first kappa shape index (κ1) is 22.5. The molecular formula is C25H24N2O5S. The van der Waals surface area contributed by atoms with E-state index in [1.54, 1.807) is 36.4 Å². The van der Waals surface area contributed by atoms with Gasteiger partial charge in [-0.15, -0.1) is 0 Å². The van der Waals surface area contributed by atoms with Gasteiger partial charge in [0.25, 0.3) is 15.9 Å². The maximum atomic E-state index is 13.4. The average molecular weight is 465 g/mol. The summed E-state index contributed by atoms with van der Waals surface area (Å²) in [6, 6.07) is 21.6. The molecule has 3 aromatic rings. The average Bonchev–Trinajstić information content (AvgIpc) is 3.16. The van der Waals surface area contributed by atoms with Gasteiger partial charge in [-0.1, -0.05) is 42.5 Å². The SMILES string of the molecule is CC(OC(=O)c1cccc(S(=O)(=O)N2c3ccccc3CC2C)c1)C(=O)Nc1ccccc1. The van der Waals surface area contributed by atoms with Crippen molar-refractivity contribution in [2.75, 3.05) is 9.62 Å². The van der Waals surface area contributed by atoms with Crippen molar-refractivity contribution in [1.29, 1.82) is 0 Å². The number of nitrogens with zero attached hydrogens (tertiary/aromatic N) is 1. The minimum absolute atomic E-state index is 0.0121. The second-order valence-corrected chi connectivity index (χ2v) is 9.73. The summed E-state index contributed by atoms with van der Waals surface area (Å²) in [5, 5.41) is 2.67. The highest BCUT2D eigenvalue weighted by molar-refractivity contribution is 7.92.